The van der Waals surface area contributed by atoms with E-state index in [-0.39, 0.29) is 11.9 Å². The fourth-order valence-corrected chi connectivity index (χ4v) is 1.93. The van der Waals surface area contributed by atoms with Gasteiger partial charge in [0.2, 0.25) is 5.91 Å². The van der Waals surface area contributed by atoms with Crippen LogP contribution < -0.4 is 20.1 Å². The van der Waals surface area contributed by atoms with Crippen molar-refractivity contribution in [1.82, 2.24) is 5.32 Å². The highest BCUT2D eigenvalue weighted by Crippen LogP contribution is 2.35. The van der Waals surface area contributed by atoms with E-state index in [1.165, 1.54) is 0 Å². The Balaban J connectivity index is 2.65. The van der Waals surface area contributed by atoms with Gasteiger partial charge in [0.15, 0.2) is 0 Å². The van der Waals surface area contributed by atoms with Crippen molar-refractivity contribution in [3.63, 3.8) is 0 Å². The van der Waals surface area contributed by atoms with Crippen molar-refractivity contribution in [1.29, 1.82) is 0 Å². The van der Waals surface area contributed by atoms with Gasteiger partial charge in [-0.2, -0.15) is 0 Å². The van der Waals surface area contributed by atoms with E-state index in [1.807, 2.05) is 13.8 Å². The molecule has 1 rings (SSSR count). The zero-order valence-electron chi connectivity index (χ0n) is 12.2. The molecule has 0 aromatic heterocycles. The van der Waals surface area contributed by atoms with Crippen LogP contribution in [-0.4, -0.2) is 32.7 Å². The summed E-state index contributed by atoms with van der Waals surface area (Å²) in [7, 11) is 3.11. The first-order chi connectivity index (χ1) is 9.47. The topological polar surface area (TPSA) is 59.6 Å². The van der Waals surface area contributed by atoms with Gasteiger partial charge in [-0.05, 0) is 13.8 Å². The molecule has 2 N–H and O–H groups in total. The van der Waals surface area contributed by atoms with Crippen molar-refractivity contribution in [3.05, 3.63) is 17.2 Å². The van der Waals surface area contributed by atoms with Crippen LogP contribution in [0.5, 0.6) is 11.5 Å². The smallest absolute Gasteiger partial charge is 0.221 e. The monoisotopic (exact) mass is 300 g/mol. The number of rotatable bonds is 7. The Bertz CT molecular complexity index is 464. The van der Waals surface area contributed by atoms with E-state index in [0.717, 1.165) is 5.69 Å². The van der Waals surface area contributed by atoms with Crippen LogP contribution in [0.3, 0.4) is 0 Å². The largest absolute Gasteiger partial charge is 0.495 e. The molecule has 0 aliphatic heterocycles. The molecule has 0 aliphatic carbocycles. The number of hydrogen-bond acceptors (Lipinski definition) is 4. The lowest BCUT2D eigenvalue weighted by Gasteiger charge is -2.14. The number of hydrogen-bond donors (Lipinski definition) is 2. The van der Waals surface area contributed by atoms with Crippen molar-refractivity contribution in [2.75, 3.05) is 26.1 Å². The summed E-state index contributed by atoms with van der Waals surface area (Å²) >= 11 is 6.03. The predicted molar refractivity (Wildman–Crippen MR) is 80.9 cm³/mol. The second-order valence-corrected chi connectivity index (χ2v) is 4.99. The highest BCUT2D eigenvalue weighted by atomic mass is 35.5. The Kier molecular flexibility index (Phi) is 6.45. The van der Waals surface area contributed by atoms with E-state index >= 15 is 0 Å². The first-order valence-electron chi connectivity index (χ1n) is 6.42. The number of anilines is 1. The Morgan fingerprint density at radius 3 is 2.45 bits per heavy atom. The molecule has 0 radical (unpaired) electrons. The number of amides is 1. The number of methoxy groups -OCH3 is 2. The number of carbonyl (C=O) groups is 1. The van der Waals surface area contributed by atoms with E-state index in [0.29, 0.717) is 29.5 Å². The molecule has 1 aromatic carbocycles. The Hall–Kier alpha value is -1.62. The van der Waals surface area contributed by atoms with Crippen molar-refractivity contribution >= 4 is 23.2 Å². The van der Waals surface area contributed by atoms with Gasteiger partial charge in [0.25, 0.3) is 0 Å². The quantitative estimate of drug-likeness (QED) is 0.813. The van der Waals surface area contributed by atoms with E-state index in [9.17, 15) is 4.79 Å². The molecule has 0 atom stereocenters. The van der Waals surface area contributed by atoms with Gasteiger partial charge in [0, 0.05) is 31.1 Å². The minimum Gasteiger partial charge on any atom is -0.495 e. The number of ether oxygens (including phenoxy) is 2. The van der Waals surface area contributed by atoms with Crippen LogP contribution in [-0.2, 0) is 4.79 Å². The third kappa shape index (κ3) is 4.81. The normalized spacial score (nSPS) is 10.3. The highest BCUT2D eigenvalue weighted by molar-refractivity contribution is 6.32. The molecule has 1 aromatic rings. The zero-order chi connectivity index (χ0) is 15.1. The molecule has 0 unspecified atom stereocenters. The van der Waals surface area contributed by atoms with Crippen LogP contribution in [0, 0.1) is 0 Å². The standard InChI is InChI=1S/C14H21ClN2O3/c1-9(2)17-14(18)5-6-16-11-8-12(19-3)10(15)7-13(11)20-4/h7-9,16H,5-6H2,1-4H3,(H,17,18). The van der Waals surface area contributed by atoms with Crippen LogP contribution in [0.25, 0.3) is 0 Å². The summed E-state index contributed by atoms with van der Waals surface area (Å²) in [5.74, 6) is 1.18. The first-order valence-corrected chi connectivity index (χ1v) is 6.80. The molecule has 112 valence electrons. The van der Waals surface area contributed by atoms with Crippen molar-refractivity contribution < 1.29 is 14.3 Å². The second kappa shape index (κ2) is 7.85. The van der Waals surface area contributed by atoms with Crippen LogP contribution in [0.1, 0.15) is 20.3 Å². The minimum atomic E-state index is 0.00685. The van der Waals surface area contributed by atoms with E-state index in [4.69, 9.17) is 21.1 Å². The van der Waals surface area contributed by atoms with Gasteiger partial charge in [0.1, 0.15) is 11.5 Å². The average molecular weight is 301 g/mol. The molecule has 0 fully saturated rings. The maximum Gasteiger partial charge on any atom is 0.221 e. The molecular formula is C14H21ClN2O3. The van der Waals surface area contributed by atoms with Crippen LogP contribution in [0.2, 0.25) is 5.02 Å². The SMILES string of the molecule is COc1cc(NCCC(=O)NC(C)C)c(OC)cc1Cl. The maximum absolute atomic E-state index is 11.5. The van der Waals surface area contributed by atoms with Gasteiger partial charge >= 0.3 is 0 Å². The molecule has 0 saturated carbocycles. The maximum atomic E-state index is 11.5. The van der Waals surface area contributed by atoms with Crippen molar-refractivity contribution in [3.8, 4) is 11.5 Å². The second-order valence-electron chi connectivity index (χ2n) is 4.59. The molecule has 0 spiro atoms. The Labute approximate surface area is 124 Å². The minimum absolute atomic E-state index is 0.00685. The summed E-state index contributed by atoms with van der Waals surface area (Å²) in [5, 5.41) is 6.46. The third-order valence-corrected chi connectivity index (χ3v) is 2.89. The molecule has 0 saturated heterocycles. The molecule has 20 heavy (non-hydrogen) atoms. The summed E-state index contributed by atoms with van der Waals surface area (Å²) in [5.41, 5.74) is 0.742. The Morgan fingerprint density at radius 2 is 1.90 bits per heavy atom. The summed E-state index contributed by atoms with van der Waals surface area (Å²) in [4.78, 5) is 11.5. The lowest BCUT2D eigenvalue weighted by atomic mass is 10.2. The summed E-state index contributed by atoms with van der Waals surface area (Å²) in [6.07, 6.45) is 0.381. The summed E-state index contributed by atoms with van der Waals surface area (Å²) in [6, 6.07) is 3.57. The van der Waals surface area contributed by atoms with Gasteiger partial charge in [-0.25, -0.2) is 0 Å². The van der Waals surface area contributed by atoms with Crippen LogP contribution >= 0.6 is 11.6 Å². The van der Waals surface area contributed by atoms with Gasteiger partial charge in [0.05, 0.1) is 24.9 Å². The number of benzene rings is 1. The summed E-state index contributed by atoms with van der Waals surface area (Å²) < 4.78 is 10.4. The molecule has 6 heteroatoms. The summed E-state index contributed by atoms with van der Waals surface area (Å²) in [6.45, 7) is 4.36. The van der Waals surface area contributed by atoms with Gasteiger partial charge < -0.3 is 20.1 Å². The lowest BCUT2D eigenvalue weighted by Crippen LogP contribution is -2.31. The van der Waals surface area contributed by atoms with Gasteiger partial charge in [-0.15, -0.1) is 0 Å². The predicted octanol–water partition coefficient (Wildman–Crippen LogP) is 2.68. The van der Waals surface area contributed by atoms with Crippen molar-refractivity contribution in [2.45, 2.75) is 26.3 Å². The van der Waals surface area contributed by atoms with Gasteiger partial charge in [-0.3, -0.25) is 4.79 Å². The highest BCUT2D eigenvalue weighted by Gasteiger charge is 2.10. The molecular weight excluding hydrogens is 280 g/mol. The molecule has 0 aliphatic rings. The van der Waals surface area contributed by atoms with E-state index < -0.39 is 0 Å². The van der Waals surface area contributed by atoms with Crippen molar-refractivity contribution in [2.24, 2.45) is 0 Å². The van der Waals surface area contributed by atoms with E-state index in [2.05, 4.69) is 10.6 Å². The zero-order valence-corrected chi connectivity index (χ0v) is 13.0. The number of carbonyl (C=O) groups excluding carboxylic acids is 1. The molecule has 0 heterocycles. The first kappa shape index (κ1) is 16.4. The fourth-order valence-electron chi connectivity index (χ4n) is 1.70. The average Bonchev–Trinajstić information content (AvgIpc) is 2.39. The van der Waals surface area contributed by atoms with Crippen LogP contribution in [0.4, 0.5) is 5.69 Å². The Morgan fingerprint density at radius 1 is 1.25 bits per heavy atom. The number of nitrogens with one attached hydrogen (secondary N) is 2. The lowest BCUT2D eigenvalue weighted by molar-refractivity contribution is -0.121. The third-order valence-electron chi connectivity index (χ3n) is 2.59. The fraction of sp³-hybridized carbons (Fsp3) is 0.500. The van der Waals surface area contributed by atoms with E-state index in [1.54, 1.807) is 26.4 Å². The number of halogens is 1. The van der Waals surface area contributed by atoms with Gasteiger partial charge in [-0.1, -0.05) is 11.6 Å². The molecule has 5 nitrogen and oxygen atoms in total. The molecule has 1 amide bonds. The molecule has 0 bridgehead atoms. The van der Waals surface area contributed by atoms with Crippen LogP contribution in [0.15, 0.2) is 12.1 Å².